The van der Waals surface area contributed by atoms with Crippen molar-refractivity contribution in [1.82, 2.24) is 9.13 Å². The van der Waals surface area contributed by atoms with Crippen LogP contribution in [0.15, 0.2) is 285 Å². The second-order valence-corrected chi connectivity index (χ2v) is 20.4. The predicted molar refractivity (Wildman–Crippen MR) is 317 cm³/mol. The maximum atomic E-state index is 2.50. The van der Waals surface area contributed by atoms with Crippen LogP contribution in [-0.2, 0) is 5.41 Å². The van der Waals surface area contributed by atoms with Gasteiger partial charge < -0.3 is 14.0 Å². The molecule has 0 bridgehead atoms. The van der Waals surface area contributed by atoms with Crippen LogP contribution in [0.4, 0.5) is 17.1 Å². The third kappa shape index (κ3) is 6.05. The van der Waals surface area contributed by atoms with Gasteiger partial charge in [-0.15, -0.1) is 0 Å². The van der Waals surface area contributed by atoms with Gasteiger partial charge in [-0.3, -0.25) is 0 Å². The molecule has 16 rings (SSSR count). The number of nitrogens with zero attached hydrogens (tertiary/aromatic N) is 3. The number of aromatic nitrogens is 2. The molecule has 0 atom stereocenters. The van der Waals surface area contributed by atoms with Crippen LogP contribution < -0.4 is 4.90 Å². The molecule has 1 spiro atoms. The van der Waals surface area contributed by atoms with Crippen LogP contribution in [0.25, 0.3) is 99.5 Å². The Hall–Kier alpha value is -9.96. The van der Waals surface area contributed by atoms with Crippen molar-refractivity contribution in [2.75, 3.05) is 4.90 Å². The van der Waals surface area contributed by atoms with Crippen molar-refractivity contribution in [3.05, 3.63) is 307 Å². The highest BCUT2D eigenvalue weighted by Gasteiger charge is 2.52. The van der Waals surface area contributed by atoms with Crippen LogP contribution in [0.2, 0.25) is 0 Å². The lowest BCUT2D eigenvalue weighted by atomic mass is 9.70. The van der Waals surface area contributed by atoms with Gasteiger partial charge in [0, 0.05) is 50.0 Å². The molecule has 0 unspecified atom stereocenters. The molecule has 76 heavy (non-hydrogen) atoms. The van der Waals surface area contributed by atoms with E-state index in [2.05, 4.69) is 299 Å². The van der Waals surface area contributed by atoms with E-state index in [1.807, 2.05) is 0 Å². The Morgan fingerprint density at radius 1 is 0.263 bits per heavy atom. The largest absolute Gasteiger partial charge is 0.310 e. The smallest absolute Gasteiger partial charge is 0.0725 e. The average molecular weight is 966 g/mol. The van der Waals surface area contributed by atoms with Crippen LogP contribution >= 0.6 is 0 Å². The summed E-state index contributed by atoms with van der Waals surface area (Å²) in [5.74, 6) is 0. The van der Waals surface area contributed by atoms with Crippen molar-refractivity contribution in [2.45, 2.75) is 5.41 Å². The number of para-hydroxylation sites is 2. The molecule has 12 aromatic carbocycles. The van der Waals surface area contributed by atoms with E-state index in [1.54, 1.807) is 0 Å². The van der Waals surface area contributed by atoms with Crippen LogP contribution in [0.5, 0.6) is 0 Å². The zero-order chi connectivity index (χ0) is 49.9. The van der Waals surface area contributed by atoms with E-state index in [9.17, 15) is 0 Å². The second-order valence-electron chi connectivity index (χ2n) is 20.4. The number of hydrogen-bond acceptors (Lipinski definition) is 1. The van der Waals surface area contributed by atoms with E-state index in [1.165, 1.54) is 99.3 Å². The van der Waals surface area contributed by atoms with Gasteiger partial charge in [0.2, 0.25) is 0 Å². The molecule has 2 aliphatic carbocycles. The molecule has 2 aliphatic rings. The third-order valence-electron chi connectivity index (χ3n) is 16.5. The molecule has 0 fully saturated rings. The van der Waals surface area contributed by atoms with Gasteiger partial charge in [0.25, 0.3) is 0 Å². The van der Waals surface area contributed by atoms with Gasteiger partial charge in [0.1, 0.15) is 0 Å². The van der Waals surface area contributed by atoms with Gasteiger partial charge in [-0.05, 0) is 158 Å². The van der Waals surface area contributed by atoms with Gasteiger partial charge in [0.15, 0.2) is 0 Å². The molecule has 354 valence electrons. The number of anilines is 3. The summed E-state index contributed by atoms with van der Waals surface area (Å²) in [6, 6.07) is 105. The van der Waals surface area contributed by atoms with E-state index < -0.39 is 5.41 Å². The summed E-state index contributed by atoms with van der Waals surface area (Å²) < 4.78 is 4.98. The van der Waals surface area contributed by atoms with Crippen LogP contribution in [0.3, 0.4) is 0 Å². The molecule has 3 heteroatoms. The van der Waals surface area contributed by atoms with Crippen molar-refractivity contribution in [3.63, 3.8) is 0 Å². The summed E-state index contributed by atoms with van der Waals surface area (Å²) in [5.41, 5.74) is 25.2. The lowest BCUT2D eigenvalue weighted by molar-refractivity contribution is 0.794. The molecular weight excluding hydrogens is 919 g/mol. The Bertz CT molecular complexity index is 4560. The number of benzene rings is 12. The van der Waals surface area contributed by atoms with E-state index in [4.69, 9.17) is 0 Å². The standard InChI is InChI=1S/C73H47N3/c1-5-19-48(20-6-1)50-33-36-54(37-34-50)74(52-23-9-3-10-24-52)55-38-42-68-61(46-55)60-45-51(49-21-7-2-8-22-49)35-41-67(60)76(68)56-39-43-69-62(47-56)72-70(75(69)53-25-11-4-12-26-53)44-40-66-71(72)59-29-15-18-32-65(59)73(66)63-30-16-13-27-57(63)58-28-14-17-31-64(58)73/h1-47H. The van der Waals surface area contributed by atoms with Crippen molar-refractivity contribution in [1.29, 1.82) is 0 Å². The number of rotatable bonds is 7. The van der Waals surface area contributed by atoms with Gasteiger partial charge in [-0.25, -0.2) is 0 Å². The minimum Gasteiger partial charge on any atom is -0.310 e. The number of fused-ring (bicyclic) bond motifs is 17. The van der Waals surface area contributed by atoms with E-state index in [0.29, 0.717) is 0 Å². The lowest BCUT2D eigenvalue weighted by Crippen LogP contribution is -2.25. The molecule has 0 N–H and O–H groups in total. The Balaban J connectivity index is 0.957. The Labute approximate surface area is 441 Å². The molecule has 2 heterocycles. The monoisotopic (exact) mass is 965 g/mol. The Morgan fingerprint density at radius 2 is 0.711 bits per heavy atom. The molecule has 14 aromatic rings. The zero-order valence-electron chi connectivity index (χ0n) is 41.5. The summed E-state index contributed by atoms with van der Waals surface area (Å²) in [5, 5.41) is 4.89. The fourth-order valence-corrected chi connectivity index (χ4v) is 13.4. The highest BCUT2D eigenvalue weighted by Crippen LogP contribution is 2.64. The molecule has 0 amide bonds. The SMILES string of the molecule is c1ccc(-c2ccc(N(c3ccccc3)c3ccc4c(c3)c3cc(-c5ccccc5)ccc3n4-c3ccc4c(c3)c3c5c(ccc3n4-c3ccccc3)C3(c4ccccc4-c4ccccc43)c3ccccc3-5)cc2)cc1. The quantitative estimate of drug-likeness (QED) is 0.155. The predicted octanol–water partition coefficient (Wildman–Crippen LogP) is 19.0. The van der Waals surface area contributed by atoms with Crippen LogP contribution in [0, 0.1) is 0 Å². The van der Waals surface area contributed by atoms with Crippen molar-refractivity contribution >= 4 is 60.7 Å². The molecular formula is C73H47N3. The summed E-state index contributed by atoms with van der Waals surface area (Å²) >= 11 is 0. The average Bonchev–Trinajstić information content (AvgIpc) is 4.29. The van der Waals surface area contributed by atoms with Gasteiger partial charge >= 0.3 is 0 Å². The Kier molecular flexibility index (Phi) is 9.25. The topological polar surface area (TPSA) is 13.1 Å². The van der Waals surface area contributed by atoms with Crippen molar-refractivity contribution < 1.29 is 0 Å². The van der Waals surface area contributed by atoms with E-state index in [-0.39, 0.29) is 0 Å². The first-order chi connectivity index (χ1) is 37.7. The highest BCUT2D eigenvalue weighted by atomic mass is 15.1. The van der Waals surface area contributed by atoms with Crippen LogP contribution in [-0.4, -0.2) is 9.13 Å². The first kappa shape index (κ1) is 42.5. The lowest BCUT2D eigenvalue weighted by Gasteiger charge is -2.30. The first-order valence-corrected chi connectivity index (χ1v) is 26.3. The fourth-order valence-electron chi connectivity index (χ4n) is 13.4. The second kappa shape index (κ2) is 16.5. The molecule has 2 aromatic heterocycles. The normalized spacial score (nSPS) is 12.8. The number of hydrogen-bond donors (Lipinski definition) is 0. The zero-order valence-corrected chi connectivity index (χ0v) is 41.5. The fraction of sp³-hybridized carbons (Fsp3) is 0.0137. The van der Waals surface area contributed by atoms with Crippen molar-refractivity contribution in [3.8, 4) is 55.9 Å². The van der Waals surface area contributed by atoms with Crippen LogP contribution in [0.1, 0.15) is 22.3 Å². The van der Waals surface area contributed by atoms with Gasteiger partial charge in [-0.1, -0.05) is 194 Å². The molecule has 3 nitrogen and oxygen atoms in total. The molecule has 0 radical (unpaired) electrons. The summed E-state index contributed by atoms with van der Waals surface area (Å²) in [7, 11) is 0. The highest BCUT2D eigenvalue weighted by molar-refractivity contribution is 6.20. The summed E-state index contributed by atoms with van der Waals surface area (Å²) in [6.45, 7) is 0. The first-order valence-electron chi connectivity index (χ1n) is 26.3. The maximum absolute atomic E-state index is 2.50. The molecule has 0 saturated carbocycles. The maximum Gasteiger partial charge on any atom is 0.0725 e. The summed E-state index contributed by atoms with van der Waals surface area (Å²) in [6.07, 6.45) is 0. The molecule has 0 aliphatic heterocycles. The van der Waals surface area contributed by atoms with Gasteiger partial charge in [0.05, 0.1) is 27.5 Å². The Morgan fingerprint density at radius 3 is 1.38 bits per heavy atom. The summed E-state index contributed by atoms with van der Waals surface area (Å²) in [4.78, 5) is 2.38. The molecule has 0 saturated heterocycles. The van der Waals surface area contributed by atoms with E-state index in [0.717, 1.165) is 39.5 Å². The third-order valence-corrected chi connectivity index (χ3v) is 16.5. The van der Waals surface area contributed by atoms with Gasteiger partial charge in [-0.2, -0.15) is 0 Å². The minimum absolute atomic E-state index is 0.454. The van der Waals surface area contributed by atoms with Crippen molar-refractivity contribution in [2.24, 2.45) is 0 Å². The minimum atomic E-state index is -0.454. The van der Waals surface area contributed by atoms with E-state index >= 15 is 0 Å².